The average molecular weight is 246 g/mol. The van der Waals surface area contributed by atoms with Gasteiger partial charge in [0, 0.05) is 18.6 Å². The fourth-order valence-electron chi connectivity index (χ4n) is 2.42. The zero-order valence-electron chi connectivity index (χ0n) is 12.1. The molecule has 0 bridgehead atoms. The van der Waals surface area contributed by atoms with Crippen LogP contribution in [0.5, 0.6) is 0 Å². The van der Waals surface area contributed by atoms with Crippen LogP contribution in [0.1, 0.15) is 36.8 Å². The van der Waals surface area contributed by atoms with Gasteiger partial charge in [0.15, 0.2) is 0 Å². The smallest absolute Gasteiger partial charge is 0.0186 e. The maximum Gasteiger partial charge on any atom is 0.0186 e. The van der Waals surface area contributed by atoms with E-state index in [1.807, 2.05) is 0 Å². The predicted molar refractivity (Wildman–Crippen MR) is 78.1 cm³/mol. The first-order chi connectivity index (χ1) is 8.56. The molecule has 18 heavy (non-hydrogen) atoms. The van der Waals surface area contributed by atoms with Gasteiger partial charge < -0.3 is 10.2 Å². The number of benzene rings is 1. The van der Waals surface area contributed by atoms with Gasteiger partial charge in [-0.1, -0.05) is 29.8 Å². The standard InChI is InChI=1S/C16H26N2/c1-12-5-7-14(8-6-12)15-9-16(10-15)17-11-13(2)18(3)4/h5-8,13,15-17H,9-11H2,1-4H3. The monoisotopic (exact) mass is 246 g/mol. The minimum absolute atomic E-state index is 0.614. The molecule has 1 aromatic carbocycles. The lowest BCUT2D eigenvalue weighted by molar-refractivity contribution is 0.245. The van der Waals surface area contributed by atoms with E-state index in [0.717, 1.165) is 18.5 Å². The first kappa shape index (κ1) is 13.6. The Bertz CT molecular complexity index is 363. The number of aryl methyl sites for hydroxylation is 1. The van der Waals surface area contributed by atoms with Crippen LogP contribution >= 0.6 is 0 Å². The van der Waals surface area contributed by atoms with Crippen LogP contribution in [0.15, 0.2) is 24.3 Å². The summed E-state index contributed by atoms with van der Waals surface area (Å²) >= 11 is 0. The molecule has 0 heterocycles. The minimum atomic E-state index is 0.614. The Morgan fingerprint density at radius 3 is 2.39 bits per heavy atom. The van der Waals surface area contributed by atoms with Gasteiger partial charge in [-0.05, 0) is 52.3 Å². The Balaban J connectivity index is 1.72. The van der Waals surface area contributed by atoms with Gasteiger partial charge in [-0.3, -0.25) is 0 Å². The van der Waals surface area contributed by atoms with Gasteiger partial charge in [-0.2, -0.15) is 0 Å². The average Bonchev–Trinajstić information content (AvgIpc) is 2.28. The molecule has 2 nitrogen and oxygen atoms in total. The molecule has 1 fully saturated rings. The number of likely N-dealkylation sites (N-methyl/N-ethyl adjacent to an activating group) is 1. The molecule has 2 heteroatoms. The Morgan fingerprint density at radius 2 is 1.83 bits per heavy atom. The van der Waals surface area contributed by atoms with Gasteiger partial charge in [0.1, 0.15) is 0 Å². The lowest BCUT2D eigenvalue weighted by Crippen LogP contribution is -2.45. The van der Waals surface area contributed by atoms with Crippen LogP contribution in [0, 0.1) is 6.92 Å². The van der Waals surface area contributed by atoms with Gasteiger partial charge in [0.05, 0.1) is 0 Å². The van der Waals surface area contributed by atoms with E-state index >= 15 is 0 Å². The Hall–Kier alpha value is -0.860. The van der Waals surface area contributed by atoms with Gasteiger partial charge in [0.2, 0.25) is 0 Å². The first-order valence-electron chi connectivity index (χ1n) is 7.02. The molecule has 0 amide bonds. The third-order valence-electron chi connectivity index (χ3n) is 4.27. The highest BCUT2D eigenvalue weighted by Crippen LogP contribution is 2.36. The lowest BCUT2D eigenvalue weighted by atomic mass is 9.75. The number of nitrogens with one attached hydrogen (secondary N) is 1. The topological polar surface area (TPSA) is 15.3 Å². The summed E-state index contributed by atoms with van der Waals surface area (Å²) in [6, 6.07) is 10.4. The quantitative estimate of drug-likeness (QED) is 0.859. The molecule has 0 saturated heterocycles. The molecule has 1 aromatic rings. The third kappa shape index (κ3) is 3.33. The SMILES string of the molecule is Cc1ccc(C2CC(NCC(C)N(C)C)C2)cc1. The van der Waals surface area contributed by atoms with Crippen LogP contribution in [-0.2, 0) is 0 Å². The Kier molecular flexibility index (Phi) is 4.41. The molecular weight excluding hydrogens is 220 g/mol. The summed E-state index contributed by atoms with van der Waals surface area (Å²) in [5.41, 5.74) is 2.87. The van der Waals surface area contributed by atoms with Crippen molar-refractivity contribution in [1.82, 2.24) is 10.2 Å². The number of rotatable bonds is 5. The minimum Gasteiger partial charge on any atom is -0.312 e. The fourth-order valence-corrected chi connectivity index (χ4v) is 2.42. The molecule has 1 saturated carbocycles. The second-order valence-corrected chi connectivity index (χ2v) is 6.00. The zero-order valence-corrected chi connectivity index (χ0v) is 12.1. The van der Waals surface area contributed by atoms with Crippen molar-refractivity contribution >= 4 is 0 Å². The molecule has 0 radical (unpaired) electrons. The van der Waals surface area contributed by atoms with E-state index in [2.05, 4.69) is 62.4 Å². The van der Waals surface area contributed by atoms with Crippen LogP contribution in [0.4, 0.5) is 0 Å². The highest BCUT2D eigenvalue weighted by Gasteiger charge is 2.29. The number of hydrogen-bond donors (Lipinski definition) is 1. The second-order valence-electron chi connectivity index (χ2n) is 6.00. The molecule has 100 valence electrons. The van der Waals surface area contributed by atoms with E-state index in [0.29, 0.717) is 6.04 Å². The largest absolute Gasteiger partial charge is 0.312 e. The summed E-state index contributed by atoms with van der Waals surface area (Å²) in [6.07, 6.45) is 2.59. The van der Waals surface area contributed by atoms with Crippen molar-refractivity contribution in [3.63, 3.8) is 0 Å². The number of hydrogen-bond acceptors (Lipinski definition) is 2. The van der Waals surface area contributed by atoms with Crippen LogP contribution in [0.2, 0.25) is 0 Å². The highest BCUT2D eigenvalue weighted by molar-refractivity contribution is 5.26. The van der Waals surface area contributed by atoms with E-state index in [1.165, 1.54) is 24.0 Å². The zero-order chi connectivity index (χ0) is 13.1. The number of nitrogens with zero attached hydrogens (tertiary/aromatic N) is 1. The van der Waals surface area contributed by atoms with E-state index in [4.69, 9.17) is 0 Å². The molecule has 1 unspecified atom stereocenters. The Labute approximate surface area is 111 Å². The first-order valence-corrected chi connectivity index (χ1v) is 7.02. The predicted octanol–water partition coefficient (Wildman–Crippen LogP) is 2.78. The molecule has 1 aliphatic carbocycles. The summed E-state index contributed by atoms with van der Waals surface area (Å²) in [5.74, 6) is 0.776. The third-order valence-corrected chi connectivity index (χ3v) is 4.27. The summed E-state index contributed by atoms with van der Waals surface area (Å²) < 4.78 is 0. The summed E-state index contributed by atoms with van der Waals surface area (Å²) in [6.45, 7) is 5.51. The lowest BCUT2D eigenvalue weighted by Gasteiger charge is -2.37. The molecule has 2 rings (SSSR count). The van der Waals surface area contributed by atoms with Crippen LogP contribution in [0.25, 0.3) is 0 Å². The highest BCUT2D eigenvalue weighted by atomic mass is 15.1. The van der Waals surface area contributed by atoms with Crippen molar-refractivity contribution in [1.29, 1.82) is 0 Å². The maximum absolute atomic E-state index is 3.67. The Morgan fingerprint density at radius 1 is 1.22 bits per heavy atom. The molecule has 1 aliphatic rings. The van der Waals surface area contributed by atoms with Gasteiger partial charge in [-0.25, -0.2) is 0 Å². The van der Waals surface area contributed by atoms with E-state index < -0.39 is 0 Å². The van der Waals surface area contributed by atoms with Gasteiger partial charge in [-0.15, -0.1) is 0 Å². The fraction of sp³-hybridized carbons (Fsp3) is 0.625. The summed E-state index contributed by atoms with van der Waals surface area (Å²) in [4.78, 5) is 2.27. The van der Waals surface area contributed by atoms with Crippen LogP contribution in [0.3, 0.4) is 0 Å². The summed E-state index contributed by atoms with van der Waals surface area (Å²) in [7, 11) is 4.28. The van der Waals surface area contributed by atoms with Gasteiger partial charge in [0.25, 0.3) is 0 Å². The molecule has 0 aliphatic heterocycles. The van der Waals surface area contributed by atoms with Crippen LogP contribution < -0.4 is 5.32 Å². The van der Waals surface area contributed by atoms with Crippen molar-refractivity contribution in [2.24, 2.45) is 0 Å². The molecule has 0 aromatic heterocycles. The van der Waals surface area contributed by atoms with Crippen LogP contribution in [-0.4, -0.2) is 37.6 Å². The van der Waals surface area contributed by atoms with Crippen molar-refractivity contribution < 1.29 is 0 Å². The molecule has 0 spiro atoms. The van der Waals surface area contributed by atoms with Crippen molar-refractivity contribution in [3.8, 4) is 0 Å². The molecule has 1 N–H and O–H groups in total. The van der Waals surface area contributed by atoms with E-state index in [9.17, 15) is 0 Å². The van der Waals surface area contributed by atoms with E-state index in [-0.39, 0.29) is 0 Å². The van der Waals surface area contributed by atoms with E-state index in [1.54, 1.807) is 0 Å². The molecule has 1 atom stereocenters. The maximum atomic E-state index is 3.67. The van der Waals surface area contributed by atoms with Crippen molar-refractivity contribution in [3.05, 3.63) is 35.4 Å². The van der Waals surface area contributed by atoms with Crippen molar-refractivity contribution in [2.75, 3.05) is 20.6 Å². The van der Waals surface area contributed by atoms with Crippen molar-refractivity contribution in [2.45, 2.75) is 44.7 Å². The van der Waals surface area contributed by atoms with Gasteiger partial charge >= 0.3 is 0 Å². The molecular formula is C16H26N2. The summed E-state index contributed by atoms with van der Waals surface area (Å²) in [5, 5.41) is 3.67. The second kappa shape index (κ2) is 5.85. The normalized spacial score (nSPS) is 24.9.